The standard InChI is InChI=1S/C19H25ClN4O/c1-14(16-6-9-21-10-7-16)12-19(25)23-18-8-11-22-24(18)13-15-2-4-17(20)5-3-15/h2-5,8,11,14,16,21H,6-7,9-10,12-13H2,1H3,(H,23,25). The fraction of sp³-hybridized carbons (Fsp3) is 0.474. The number of amides is 1. The minimum absolute atomic E-state index is 0.0592. The van der Waals surface area contributed by atoms with Crippen LogP contribution in [0.3, 0.4) is 0 Å². The molecule has 25 heavy (non-hydrogen) atoms. The van der Waals surface area contributed by atoms with Crippen LogP contribution < -0.4 is 10.6 Å². The number of benzene rings is 1. The zero-order valence-corrected chi connectivity index (χ0v) is 15.3. The topological polar surface area (TPSA) is 59.0 Å². The molecule has 1 unspecified atom stereocenters. The van der Waals surface area contributed by atoms with Crippen molar-refractivity contribution in [1.82, 2.24) is 15.1 Å². The first-order valence-corrected chi connectivity index (χ1v) is 9.26. The minimum Gasteiger partial charge on any atom is -0.317 e. The molecule has 0 aliphatic carbocycles. The molecule has 1 aliphatic heterocycles. The van der Waals surface area contributed by atoms with Gasteiger partial charge in [0.25, 0.3) is 0 Å². The van der Waals surface area contributed by atoms with Crippen LogP contribution in [0, 0.1) is 11.8 Å². The Morgan fingerprint density at radius 2 is 2.04 bits per heavy atom. The van der Waals surface area contributed by atoms with E-state index in [9.17, 15) is 4.79 Å². The Balaban J connectivity index is 1.56. The van der Waals surface area contributed by atoms with Gasteiger partial charge in [-0.3, -0.25) is 4.79 Å². The van der Waals surface area contributed by atoms with Crippen LogP contribution in [-0.2, 0) is 11.3 Å². The minimum atomic E-state index is 0.0592. The molecule has 3 rings (SSSR count). The van der Waals surface area contributed by atoms with Gasteiger partial charge in [0.1, 0.15) is 5.82 Å². The smallest absolute Gasteiger partial charge is 0.225 e. The van der Waals surface area contributed by atoms with Gasteiger partial charge in [-0.2, -0.15) is 5.10 Å². The maximum absolute atomic E-state index is 12.4. The number of aromatic nitrogens is 2. The summed E-state index contributed by atoms with van der Waals surface area (Å²) in [6.07, 6.45) is 4.57. The lowest BCUT2D eigenvalue weighted by molar-refractivity contribution is -0.117. The van der Waals surface area contributed by atoms with Crippen LogP contribution in [0.1, 0.15) is 31.7 Å². The van der Waals surface area contributed by atoms with E-state index in [2.05, 4.69) is 22.7 Å². The second kappa shape index (κ2) is 8.50. The molecular weight excluding hydrogens is 336 g/mol. The van der Waals surface area contributed by atoms with E-state index < -0.39 is 0 Å². The third-order valence-corrected chi connectivity index (χ3v) is 5.18. The van der Waals surface area contributed by atoms with E-state index in [1.165, 1.54) is 0 Å². The number of carbonyl (C=O) groups excluding carboxylic acids is 1. The van der Waals surface area contributed by atoms with E-state index in [0.717, 1.165) is 37.3 Å². The lowest BCUT2D eigenvalue weighted by Crippen LogP contribution is -2.32. The molecular formula is C19H25ClN4O. The van der Waals surface area contributed by atoms with Crippen molar-refractivity contribution in [1.29, 1.82) is 0 Å². The number of carbonyl (C=O) groups is 1. The Labute approximate surface area is 153 Å². The molecule has 1 aromatic carbocycles. The summed E-state index contributed by atoms with van der Waals surface area (Å²) < 4.78 is 1.80. The molecule has 2 aromatic rings. The number of piperidine rings is 1. The molecule has 2 heterocycles. The number of nitrogens with zero attached hydrogens (tertiary/aromatic N) is 2. The van der Waals surface area contributed by atoms with Gasteiger partial charge >= 0.3 is 0 Å². The summed E-state index contributed by atoms with van der Waals surface area (Å²) in [7, 11) is 0. The van der Waals surface area contributed by atoms with Crippen molar-refractivity contribution < 1.29 is 4.79 Å². The molecule has 6 heteroatoms. The number of anilines is 1. The maximum atomic E-state index is 12.4. The van der Waals surface area contributed by atoms with Gasteiger partial charge in [0.2, 0.25) is 5.91 Å². The fourth-order valence-corrected chi connectivity index (χ4v) is 3.52. The summed E-state index contributed by atoms with van der Waals surface area (Å²) in [6.45, 7) is 4.90. The molecule has 1 atom stereocenters. The lowest BCUT2D eigenvalue weighted by atomic mass is 9.84. The van der Waals surface area contributed by atoms with Crippen LogP contribution in [0.15, 0.2) is 36.5 Å². The monoisotopic (exact) mass is 360 g/mol. The van der Waals surface area contributed by atoms with Crippen molar-refractivity contribution in [2.24, 2.45) is 11.8 Å². The summed E-state index contributed by atoms with van der Waals surface area (Å²) in [6, 6.07) is 9.49. The highest BCUT2D eigenvalue weighted by Crippen LogP contribution is 2.24. The maximum Gasteiger partial charge on any atom is 0.225 e. The first-order chi connectivity index (χ1) is 12.1. The van der Waals surface area contributed by atoms with Gasteiger partial charge in [-0.25, -0.2) is 4.68 Å². The van der Waals surface area contributed by atoms with Crippen LogP contribution in [0.25, 0.3) is 0 Å². The predicted molar refractivity (Wildman–Crippen MR) is 101 cm³/mol. The zero-order chi connectivity index (χ0) is 17.6. The van der Waals surface area contributed by atoms with E-state index in [1.807, 2.05) is 30.3 Å². The average molecular weight is 361 g/mol. The van der Waals surface area contributed by atoms with E-state index in [1.54, 1.807) is 10.9 Å². The van der Waals surface area contributed by atoms with Gasteiger partial charge < -0.3 is 10.6 Å². The lowest BCUT2D eigenvalue weighted by Gasteiger charge is -2.27. The molecule has 1 saturated heterocycles. The van der Waals surface area contributed by atoms with E-state index in [4.69, 9.17) is 11.6 Å². The van der Waals surface area contributed by atoms with Crippen molar-refractivity contribution >= 4 is 23.3 Å². The summed E-state index contributed by atoms with van der Waals surface area (Å²) in [5.74, 6) is 1.82. The summed E-state index contributed by atoms with van der Waals surface area (Å²) in [5.41, 5.74) is 1.09. The average Bonchev–Trinajstić information content (AvgIpc) is 3.04. The molecule has 0 bridgehead atoms. The molecule has 1 aromatic heterocycles. The Morgan fingerprint density at radius 3 is 2.76 bits per heavy atom. The van der Waals surface area contributed by atoms with E-state index in [-0.39, 0.29) is 5.91 Å². The van der Waals surface area contributed by atoms with E-state index >= 15 is 0 Å². The molecule has 0 spiro atoms. The highest BCUT2D eigenvalue weighted by atomic mass is 35.5. The highest BCUT2D eigenvalue weighted by molar-refractivity contribution is 6.30. The third kappa shape index (κ3) is 5.06. The molecule has 0 radical (unpaired) electrons. The summed E-state index contributed by atoms with van der Waals surface area (Å²) in [5, 5.41) is 11.4. The number of hydrogen-bond acceptors (Lipinski definition) is 3. The molecule has 134 valence electrons. The first kappa shape index (κ1) is 18.0. The van der Waals surface area contributed by atoms with Crippen LogP contribution in [0.4, 0.5) is 5.82 Å². The van der Waals surface area contributed by atoms with Gasteiger partial charge in [-0.05, 0) is 55.5 Å². The van der Waals surface area contributed by atoms with Crippen molar-refractivity contribution in [2.75, 3.05) is 18.4 Å². The highest BCUT2D eigenvalue weighted by Gasteiger charge is 2.22. The van der Waals surface area contributed by atoms with Crippen molar-refractivity contribution in [3.63, 3.8) is 0 Å². The number of halogens is 1. The molecule has 0 saturated carbocycles. The van der Waals surface area contributed by atoms with Crippen LogP contribution >= 0.6 is 11.6 Å². The van der Waals surface area contributed by atoms with Crippen LogP contribution in [0.2, 0.25) is 5.02 Å². The Morgan fingerprint density at radius 1 is 1.32 bits per heavy atom. The zero-order valence-electron chi connectivity index (χ0n) is 14.5. The number of rotatable bonds is 6. The second-order valence-corrected chi connectivity index (χ2v) is 7.25. The quantitative estimate of drug-likeness (QED) is 0.828. The normalized spacial score (nSPS) is 16.6. The van der Waals surface area contributed by atoms with Crippen LogP contribution in [0.5, 0.6) is 0 Å². The SMILES string of the molecule is CC(CC(=O)Nc1ccnn1Cc1ccc(Cl)cc1)C1CCNCC1. The predicted octanol–water partition coefficient (Wildman–Crippen LogP) is 3.55. The molecule has 5 nitrogen and oxygen atoms in total. The summed E-state index contributed by atoms with van der Waals surface area (Å²) >= 11 is 5.92. The molecule has 1 aliphatic rings. The molecule has 1 amide bonds. The third-order valence-electron chi connectivity index (χ3n) is 4.93. The van der Waals surface area contributed by atoms with Gasteiger partial charge in [0, 0.05) is 17.5 Å². The van der Waals surface area contributed by atoms with Crippen molar-refractivity contribution in [2.45, 2.75) is 32.7 Å². The molecule has 1 fully saturated rings. The molecule has 2 N–H and O–H groups in total. The number of nitrogens with one attached hydrogen (secondary N) is 2. The Hall–Kier alpha value is -1.85. The van der Waals surface area contributed by atoms with E-state index in [0.29, 0.717) is 29.8 Å². The van der Waals surface area contributed by atoms with Gasteiger partial charge in [0.05, 0.1) is 12.7 Å². The van der Waals surface area contributed by atoms with Crippen LogP contribution in [-0.4, -0.2) is 28.8 Å². The van der Waals surface area contributed by atoms with Crippen molar-refractivity contribution in [3.8, 4) is 0 Å². The Kier molecular flexibility index (Phi) is 6.10. The van der Waals surface area contributed by atoms with Gasteiger partial charge in [0.15, 0.2) is 0 Å². The Bertz CT molecular complexity index is 692. The van der Waals surface area contributed by atoms with Gasteiger partial charge in [-0.15, -0.1) is 0 Å². The van der Waals surface area contributed by atoms with Gasteiger partial charge in [-0.1, -0.05) is 30.7 Å². The largest absolute Gasteiger partial charge is 0.317 e. The number of hydrogen-bond donors (Lipinski definition) is 2. The summed E-state index contributed by atoms with van der Waals surface area (Å²) in [4.78, 5) is 12.4. The fourth-order valence-electron chi connectivity index (χ4n) is 3.39. The van der Waals surface area contributed by atoms with Crippen molar-refractivity contribution in [3.05, 3.63) is 47.1 Å². The first-order valence-electron chi connectivity index (χ1n) is 8.88. The second-order valence-electron chi connectivity index (χ2n) is 6.82.